The minimum absolute atomic E-state index is 0.0597. The molecule has 0 radical (unpaired) electrons. The molecule has 1 aliphatic rings. The number of carbonyl (C=O) groups is 2. The van der Waals surface area contributed by atoms with Crippen molar-refractivity contribution in [3.05, 3.63) is 119 Å². The second kappa shape index (κ2) is 11.9. The van der Waals surface area contributed by atoms with Crippen LogP contribution in [0.3, 0.4) is 0 Å². The van der Waals surface area contributed by atoms with Crippen LogP contribution in [-0.4, -0.2) is 67.4 Å². The SMILES string of the molecule is O=C(CCc1cn(Cc2cn(Cc3ccc(F)cc3)nn2)c2ccccc12)N1CCN(C(=O)c2ccc(F)cc2)CC1. The number of aromatic nitrogens is 4. The third-order valence-corrected chi connectivity index (χ3v) is 7.67. The molecule has 214 valence electrons. The Morgan fingerprint density at radius 2 is 1.43 bits per heavy atom. The van der Waals surface area contributed by atoms with Crippen molar-refractivity contribution in [3.63, 3.8) is 0 Å². The Kier molecular flexibility index (Phi) is 7.76. The van der Waals surface area contributed by atoms with Gasteiger partial charge in [-0.3, -0.25) is 9.59 Å². The number of halogens is 2. The van der Waals surface area contributed by atoms with Crippen LogP contribution in [0.5, 0.6) is 0 Å². The maximum Gasteiger partial charge on any atom is 0.253 e. The number of aryl methyl sites for hydroxylation is 1. The van der Waals surface area contributed by atoms with Gasteiger partial charge >= 0.3 is 0 Å². The van der Waals surface area contributed by atoms with Crippen LogP contribution in [-0.2, 0) is 24.3 Å². The van der Waals surface area contributed by atoms with E-state index in [-0.39, 0.29) is 23.4 Å². The molecule has 1 aliphatic heterocycles. The molecule has 0 atom stereocenters. The number of para-hydroxylation sites is 1. The summed E-state index contributed by atoms with van der Waals surface area (Å²) in [5, 5.41) is 9.66. The standard InChI is InChI=1S/C32H30F2N6O2/c33-26-10-5-23(6-11-26)19-40-22-28(35-36-40)21-39-20-25(29-3-1-2-4-30(29)39)9-14-31(41)37-15-17-38(18-16-37)32(42)24-7-12-27(34)13-8-24/h1-8,10-13,20,22H,9,14-19,21H2. The maximum absolute atomic E-state index is 13.2. The molecule has 8 nitrogen and oxygen atoms in total. The first-order valence-electron chi connectivity index (χ1n) is 14.0. The number of hydrogen-bond donors (Lipinski definition) is 0. The van der Waals surface area contributed by atoms with E-state index in [4.69, 9.17) is 0 Å². The summed E-state index contributed by atoms with van der Waals surface area (Å²) in [5.41, 5.74) is 4.33. The second-order valence-electron chi connectivity index (χ2n) is 10.5. The Morgan fingerprint density at radius 3 is 2.17 bits per heavy atom. The molecule has 6 rings (SSSR count). The number of fused-ring (bicyclic) bond motifs is 1. The van der Waals surface area contributed by atoms with Crippen molar-refractivity contribution >= 4 is 22.7 Å². The Balaban J connectivity index is 1.06. The fourth-order valence-electron chi connectivity index (χ4n) is 5.43. The molecule has 2 amide bonds. The molecule has 10 heteroatoms. The van der Waals surface area contributed by atoms with Gasteiger partial charge in [0.1, 0.15) is 17.3 Å². The fraction of sp³-hybridized carbons (Fsp3) is 0.250. The van der Waals surface area contributed by atoms with E-state index in [1.807, 2.05) is 23.2 Å². The first-order valence-corrected chi connectivity index (χ1v) is 14.0. The van der Waals surface area contributed by atoms with Gasteiger partial charge in [0.15, 0.2) is 0 Å². The lowest BCUT2D eigenvalue weighted by atomic mass is 10.1. The van der Waals surface area contributed by atoms with E-state index in [1.165, 1.54) is 36.4 Å². The molecule has 5 aromatic rings. The minimum atomic E-state index is -0.378. The monoisotopic (exact) mass is 568 g/mol. The molecular weight excluding hydrogens is 538 g/mol. The molecule has 3 aromatic carbocycles. The van der Waals surface area contributed by atoms with Gasteiger partial charge in [-0.25, -0.2) is 13.5 Å². The molecule has 2 aromatic heterocycles. The van der Waals surface area contributed by atoms with Crippen molar-refractivity contribution in [1.29, 1.82) is 0 Å². The molecule has 0 N–H and O–H groups in total. The lowest BCUT2D eigenvalue weighted by Crippen LogP contribution is -2.50. The molecular formula is C32H30F2N6O2. The van der Waals surface area contributed by atoms with Crippen LogP contribution >= 0.6 is 0 Å². The lowest BCUT2D eigenvalue weighted by molar-refractivity contribution is -0.132. The summed E-state index contributed by atoms with van der Waals surface area (Å²) in [5.74, 6) is -0.737. The zero-order valence-corrected chi connectivity index (χ0v) is 23.0. The third kappa shape index (κ3) is 6.07. The highest BCUT2D eigenvalue weighted by atomic mass is 19.1. The van der Waals surface area contributed by atoms with E-state index >= 15 is 0 Å². The fourth-order valence-corrected chi connectivity index (χ4v) is 5.43. The van der Waals surface area contributed by atoms with Gasteiger partial charge in [-0.2, -0.15) is 0 Å². The molecule has 1 saturated heterocycles. The van der Waals surface area contributed by atoms with Crippen molar-refractivity contribution in [2.75, 3.05) is 26.2 Å². The van der Waals surface area contributed by atoms with Gasteiger partial charge in [-0.05, 0) is 60.0 Å². The molecule has 0 unspecified atom stereocenters. The van der Waals surface area contributed by atoms with E-state index in [2.05, 4.69) is 33.2 Å². The summed E-state index contributed by atoms with van der Waals surface area (Å²) in [6, 6.07) is 20.0. The van der Waals surface area contributed by atoms with Crippen molar-refractivity contribution in [3.8, 4) is 0 Å². The first-order chi connectivity index (χ1) is 20.4. The maximum atomic E-state index is 13.2. The van der Waals surface area contributed by atoms with Crippen LogP contribution in [0, 0.1) is 11.6 Å². The molecule has 0 spiro atoms. The van der Waals surface area contributed by atoms with Crippen LogP contribution in [0.1, 0.15) is 33.6 Å². The molecule has 0 bridgehead atoms. The lowest BCUT2D eigenvalue weighted by Gasteiger charge is -2.35. The van der Waals surface area contributed by atoms with E-state index in [1.54, 1.807) is 21.7 Å². The highest BCUT2D eigenvalue weighted by Gasteiger charge is 2.25. The highest BCUT2D eigenvalue weighted by molar-refractivity contribution is 5.94. The molecule has 0 aliphatic carbocycles. The summed E-state index contributed by atoms with van der Waals surface area (Å²) >= 11 is 0. The quantitative estimate of drug-likeness (QED) is 0.276. The average molecular weight is 569 g/mol. The number of piperazine rings is 1. The molecule has 0 saturated carbocycles. The Morgan fingerprint density at radius 1 is 0.762 bits per heavy atom. The van der Waals surface area contributed by atoms with Gasteiger partial charge in [0, 0.05) is 55.3 Å². The van der Waals surface area contributed by atoms with Gasteiger partial charge in [-0.15, -0.1) is 5.10 Å². The van der Waals surface area contributed by atoms with Crippen LogP contribution in [0.4, 0.5) is 8.78 Å². The van der Waals surface area contributed by atoms with Gasteiger partial charge in [0.25, 0.3) is 5.91 Å². The Labute approximate surface area is 241 Å². The summed E-state index contributed by atoms with van der Waals surface area (Å²) in [6.45, 7) is 2.87. The summed E-state index contributed by atoms with van der Waals surface area (Å²) < 4.78 is 30.3. The number of nitrogens with zero attached hydrogens (tertiary/aromatic N) is 6. The predicted molar refractivity (Wildman–Crippen MR) is 154 cm³/mol. The van der Waals surface area contributed by atoms with Gasteiger partial charge < -0.3 is 14.4 Å². The zero-order valence-electron chi connectivity index (χ0n) is 23.0. The molecule has 1 fully saturated rings. The number of rotatable bonds is 8. The predicted octanol–water partition coefficient (Wildman–Crippen LogP) is 4.52. The van der Waals surface area contributed by atoms with E-state index < -0.39 is 0 Å². The van der Waals surface area contributed by atoms with Crippen LogP contribution in [0.25, 0.3) is 10.9 Å². The van der Waals surface area contributed by atoms with Gasteiger partial charge in [0.2, 0.25) is 5.91 Å². The second-order valence-corrected chi connectivity index (χ2v) is 10.5. The normalized spacial score (nSPS) is 13.6. The van der Waals surface area contributed by atoms with E-state index in [0.29, 0.717) is 57.7 Å². The number of hydrogen-bond acceptors (Lipinski definition) is 4. The molecule has 3 heterocycles. The largest absolute Gasteiger partial charge is 0.341 e. The number of benzene rings is 3. The smallest absolute Gasteiger partial charge is 0.253 e. The van der Waals surface area contributed by atoms with Gasteiger partial charge in [-0.1, -0.05) is 35.5 Å². The van der Waals surface area contributed by atoms with Crippen molar-refractivity contribution in [2.24, 2.45) is 0 Å². The molecule has 42 heavy (non-hydrogen) atoms. The van der Waals surface area contributed by atoms with Crippen molar-refractivity contribution < 1.29 is 18.4 Å². The van der Waals surface area contributed by atoms with E-state index in [0.717, 1.165) is 27.7 Å². The van der Waals surface area contributed by atoms with Crippen LogP contribution in [0.15, 0.2) is 85.2 Å². The van der Waals surface area contributed by atoms with Crippen LogP contribution < -0.4 is 0 Å². The topological polar surface area (TPSA) is 76.3 Å². The summed E-state index contributed by atoms with van der Waals surface area (Å²) in [6.07, 6.45) is 4.93. The van der Waals surface area contributed by atoms with Gasteiger partial charge in [0.05, 0.1) is 19.3 Å². The van der Waals surface area contributed by atoms with Crippen molar-refractivity contribution in [1.82, 2.24) is 29.4 Å². The minimum Gasteiger partial charge on any atom is -0.341 e. The zero-order chi connectivity index (χ0) is 29.1. The number of carbonyl (C=O) groups excluding carboxylic acids is 2. The summed E-state index contributed by atoms with van der Waals surface area (Å²) in [4.78, 5) is 29.3. The van der Waals surface area contributed by atoms with Crippen LogP contribution in [0.2, 0.25) is 0 Å². The third-order valence-electron chi connectivity index (χ3n) is 7.67. The highest BCUT2D eigenvalue weighted by Crippen LogP contribution is 2.24. The summed E-state index contributed by atoms with van der Waals surface area (Å²) in [7, 11) is 0. The van der Waals surface area contributed by atoms with E-state index in [9.17, 15) is 18.4 Å². The first kappa shape index (κ1) is 27.3. The average Bonchev–Trinajstić information content (AvgIpc) is 3.61. The number of amides is 2. The Bertz CT molecular complexity index is 1700. The Hall–Kier alpha value is -4.86. The van der Waals surface area contributed by atoms with Crippen molar-refractivity contribution in [2.45, 2.75) is 25.9 Å².